The molecule has 0 radical (unpaired) electrons. The molecule has 4 heteroatoms. The van der Waals surface area contributed by atoms with E-state index >= 15 is 0 Å². The molecular weight excluding hydrogens is 448 g/mol. The molecule has 0 amide bonds. The van der Waals surface area contributed by atoms with Crippen molar-refractivity contribution in [3.8, 4) is 17.2 Å². The van der Waals surface area contributed by atoms with Crippen LogP contribution in [0.4, 0.5) is 0 Å². The molecule has 0 unspecified atom stereocenters. The minimum absolute atomic E-state index is 0.120. The zero-order valence-corrected chi connectivity index (χ0v) is 22.9. The van der Waals surface area contributed by atoms with Gasteiger partial charge in [0, 0.05) is 5.56 Å². The first-order valence-electron chi connectivity index (χ1n) is 14.0. The van der Waals surface area contributed by atoms with Gasteiger partial charge in [0.15, 0.2) is 5.78 Å². The second-order valence-corrected chi connectivity index (χ2v) is 9.22. The van der Waals surface area contributed by atoms with Crippen LogP contribution in [-0.4, -0.2) is 25.6 Å². The molecular formula is C32H46O4. The van der Waals surface area contributed by atoms with Crippen LogP contribution in [0.5, 0.6) is 17.2 Å². The normalized spacial score (nSPS) is 11.1. The van der Waals surface area contributed by atoms with E-state index in [4.69, 9.17) is 14.2 Å². The Bertz CT molecular complexity index is 901. The summed E-state index contributed by atoms with van der Waals surface area (Å²) >= 11 is 0. The molecule has 36 heavy (non-hydrogen) atoms. The largest absolute Gasteiger partial charge is 0.493 e. The average molecular weight is 495 g/mol. The number of rotatable bonds is 19. The maximum Gasteiger partial charge on any atom is 0.193 e. The van der Waals surface area contributed by atoms with Gasteiger partial charge in [-0.2, -0.15) is 0 Å². The van der Waals surface area contributed by atoms with Gasteiger partial charge >= 0.3 is 0 Å². The Labute approximate surface area is 219 Å². The smallest absolute Gasteiger partial charge is 0.193 e. The minimum atomic E-state index is -0.120. The van der Waals surface area contributed by atoms with Gasteiger partial charge in [0.25, 0.3) is 0 Å². The van der Waals surface area contributed by atoms with Crippen LogP contribution in [0.25, 0.3) is 6.08 Å². The number of hydrogen-bond donors (Lipinski definition) is 0. The fourth-order valence-electron chi connectivity index (χ4n) is 3.93. The third-order valence-corrected chi connectivity index (χ3v) is 6.15. The molecule has 0 aliphatic heterocycles. The molecule has 0 fully saturated rings. The van der Waals surface area contributed by atoms with Crippen LogP contribution in [0.15, 0.2) is 42.5 Å². The van der Waals surface area contributed by atoms with Crippen LogP contribution in [0.3, 0.4) is 0 Å². The third kappa shape index (κ3) is 10.1. The lowest BCUT2D eigenvalue weighted by atomic mass is 10.0. The van der Waals surface area contributed by atoms with E-state index in [1.807, 2.05) is 30.3 Å². The summed E-state index contributed by atoms with van der Waals surface area (Å²) in [4.78, 5) is 13.5. The van der Waals surface area contributed by atoms with Crippen LogP contribution in [-0.2, 0) is 6.42 Å². The highest BCUT2D eigenvalue weighted by Gasteiger charge is 2.17. The van der Waals surface area contributed by atoms with E-state index in [1.165, 1.54) is 5.56 Å². The highest BCUT2D eigenvalue weighted by Crippen LogP contribution is 2.31. The van der Waals surface area contributed by atoms with Gasteiger partial charge in [-0.15, -0.1) is 0 Å². The molecule has 0 aromatic heterocycles. The number of aryl methyl sites for hydroxylation is 1. The third-order valence-electron chi connectivity index (χ3n) is 6.15. The Morgan fingerprint density at radius 2 is 1.22 bits per heavy atom. The monoisotopic (exact) mass is 494 g/mol. The lowest BCUT2D eigenvalue weighted by Gasteiger charge is -2.15. The van der Waals surface area contributed by atoms with E-state index in [2.05, 4.69) is 39.8 Å². The highest BCUT2D eigenvalue weighted by atomic mass is 16.5. The summed E-state index contributed by atoms with van der Waals surface area (Å²) in [6.07, 6.45) is 14.1. The van der Waals surface area contributed by atoms with Crippen molar-refractivity contribution in [1.82, 2.24) is 0 Å². The average Bonchev–Trinajstić information content (AvgIpc) is 2.90. The van der Waals surface area contributed by atoms with Crippen molar-refractivity contribution >= 4 is 11.9 Å². The standard InChI is InChI=1S/C32H46O4/c1-5-9-12-22-34-29-21-18-26(8-4)25-27(29)19-20-28(33)32-30(35-23-13-10-6-2)16-15-17-31(32)36-24-14-11-7-3/h15-21,25H,5-14,22-24H2,1-4H3/b20-19+. The van der Waals surface area contributed by atoms with Gasteiger partial charge in [0.05, 0.1) is 19.8 Å². The Morgan fingerprint density at radius 3 is 1.72 bits per heavy atom. The molecule has 0 aliphatic rings. The second kappa shape index (κ2) is 17.6. The van der Waals surface area contributed by atoms with Gasteiger partial charge in [0.1, 0.15) is 22.8 Å². The van der Waals surface area contributed by atoms with Crippen molar-refractivity contribution < 1.29 is 19.0 Å². The maximum atomic E-state index is 13.5. The van der Waals surface area contributed by atoms with E-state index < -0.39 is 0 Å². The second-order valence-electron chi connectivity index (χ2n) is 9.22. The molecule has 0 heterocycles. The number of ether oxygens (including phenoxy) is 3. The first kappa shape index (κ1) is 29.5. The van der Waals surface area contributed by atoms with Crippen molar-refractivity contribution in [2.24, 2.45) is 0 Å². The van der Waals surface area contributed by atoms with Gasteiger partial charge in [-0.25, -0.2) is 0 Å². The molecule has 4 nitrogen and oxygen atoms in total. The van der Waals surface area contributed by atoms with Crippen molar-refractivity contribution in [1.29, 1.82) is 0 Å². The number of carbonyl (C=O) groups is 1. The topological polar surface area (TPSA) is 44.8 Å². The van der Waals surface area contributed by atoms with E-state index in [0.29, 0.717) is 36.9 Å². The van der Waals surface area contributed by atoms with Gasteiger partial charge in [-0.3, -0.25) is 4.79 Å². The summed E-state index contributed by atoms with van der Waals surface area (Å²) in [7, 11) is 0. The first-order valence-corrected chi connectivity index (χ1v) is 14.0. The molecule has 2 aromatic carbocycles. The number of benzene rings is 2. The Kier molecular flexibility index (Phi) is 14.4. The van der Waals surface area contributed by atoms with E-state index in [1.54, 1.807) is 6.08 Å². The van der Waals surface area contributed by atoms with E-state index in [-0.39, 0.29) is 5.78 Å². The SMILES string of the molecule is CCCCCOc1ccc(CC)cc1/C=C/C(=O)c1c(OCCCCC)cccc1OCCCCC. The summed E-state index contributed by atoms with van der Waals surface area (Å²) in [5.41, 5.74) is 2.63. The van der Waals surface area contributed by atoms with Crippen LogP contribution in [0.1, 0.15) is 107 Å². The Balaban J connectivity index is 2.28. The fourth-order valence-corrected chi connectivity index (χ4v) is 3.93. The lowest BCUT2D eigenvalue weighted by molar-refractivity contribution is 0.103. The van der Waals surface area contributed by atoms with Gasteiger partial charge in [-0.1, -0.05) is 78.4 Å². The molecule has 0 N–H and O–H groups in total. The molecule has 2 aromatic rings. The number of allylic oxidation sites excluding steroid dienone is 1. The number of ketones is 1. The van der Waals surface area contributed by atoms with Gasteiger partial charge in [0.2, 0.25) is 0 Å². The first-order chi connectivity index (χ1) is 17.6. The molecule has 2 rings (SSSR count). The Hall–Kier alpha value is -2.75. The molecule has 0 atom stereocenters. The van der Waals surface area contributed by atoms with Crippen LogP contribution in [0, 0.1) is 0 Å². The van der Waals surface area contributed by atoms with Gasteiger partial charge < -0.3 is 14.2 Å². The van der Waals surface area contributed by atoms with Crippen LogP contribution in [0.2, 0.25) is 0 Å². The van der Waals surface area contributed by atoms with E-state index in [9.17, 15) is 4.79 Å². The summed E-state index contributed by atoms with van der Waals surface area (Å²) in [5, 5.41) is 0. The minimum Gasteiger partial charge on any atom is -0.493 e. The molecule has 0 spiro atoms. The lowest BCUT2D eigenvalue weighted by Crippen LogP contribution is -2.08. The number of hydrogen-bond acceptors (Lipinski definition) is 4. The molecule has 0 saturated heterocycles. The Morgan fingerprint density at radius 1 is 0.694 bits per heavy atom. The summed E-state index contributed by atoms with van der Waals surface area (Å²) in [5.74, 6) is 1.87. The molecule has 0 bridgehead atoms. The van der Waals surface area contributed by atoms with E-state index in [0.717, 1.165) is 75.5 Å². The van der Waals surface area contributed by atoms with Crippen LogP contribution < -0.4 is 14.2 Å². The van der Waals surface area contributed by atoms with Crippen molar-refractivity contribution in [2.45, 2.75) is 91.9 Å². The summed E-state index contributed by atoms with van der Waals surface area (Å²) in [6, 6.07) is 11.8. The van der Waals surface area contributed by atoms with Crippen LogP contribution >= 0.6 is 0 Å². The number of unbranched alkanes of at least 4 members (excludes halogenated alkanes) is 6. The molecule has 0 saturated carbocycles. The molecule has 0 aliphatic carbocycles. The maximum absolute atomic E-state index is 13.5. The predicted octanol–water partition coefficient (Wildman–Crippen LogP) is 8.85. The predicted molar refractivity (Wildman–Crippen MR) is 151 cm³/mol. The zero-order valence-electron chi connectivity index (χ0n) is 22.9. The zero-order chi connectivity index (χ0) is 26.0. The van der Waals surface area contributed by atoms with Crippen molar-refractivity contribution in [3.05, 3.63) is 59.2 Å². The number of carbonyl (C=O) groups excluding carboxylic acids is 1. The quantitative estimate of drug-likeness (QED) is 0.111. The summed E-state index contributed by atoms with van der Waals surface area (Å²) in [6.45, 7) is 10.5. The fraction of sp³-hybridized carbons (Fsp3) is 0.531. The van der Waals surface area contributed by atoms with Crippen molar-refractivity contribution in [2.75, 3.05) is 19.8 Å². The van der Waals surface area contributed by atoms with Gasteiger partial charge in [-0.05, 0) is 67.7 Å². The van der Waals surface area contributed by atoms with Crippen molar-refractivity contribution in [3.63, 3.8) is 0 Å². The highest BCUT2D eigenvalue weighted by molar-refractivity contribution is 6.10. The summed E-state index contributed by atoms with van der Waals surface area (Å²) < 4.78 is 18.2. The molecule has 198 valence electrons.